The standard InChI is InChI=1S/C18H21FN4OS/c1-11-15(9-20-16(24)22-18(2,3)4)25-17-21-14(10-23(11)17)12-5-7-13(19)8-6-12/h5-8,10H,9H2,1-4H3,(H2,20,22,24). The molecule has 0 saturated heterocycles. The Morgan fingerprint density at radius 3 is 2.56 bits per heavy atom. The topological polar surface area (TPSA) is 58.4 Å². The molecule has 0 unspecified atom stereocenters. The molecule has 25 heavy (non-hydrogen) atoms. The predicted octanol–water partition coefficient (Wildman–Crippen LogP) is 4.11. The van der Waals surface area contributed by atoms with E-state index in [9.17, 15) is 9.18 Å². The maximum atomic E-state index is 13.1. The number of halogens is 1. The average Bonchev–Trinajstić information content (AvgIpc) is 3.04. The molecule has 3 rings (SSSR count). The average molecular weight is 360 g/mol. The van der Waals surface area contributed by atoms with Gasteiger partial charge in [0, 0.05) is 27.9 Å². The number of carbonyl (C=O) groups excluding carboxylic acids is 1. The second kappa shape index (κ2) is 6.48. The number of imidazole rings is 1. The van der Waals surface area contributed by atoms with Crippen LogP contribution < -0.4 is 10.6 Å². The van der Waals surface area contributed by atoms with Gasteiger partial charge in [0.2, 0.25) is 0 Å². The van der Waals surface area contributed by atoms with Gasteiger partial charge in [-0.3, -0.25) is 4.40 Å². The highest BCUT2D eigenvalue weighted by atomic mass is 32.1. The van der Waals surface area contributed by atoms with Crippen molar-refractivity contribution in [3.8, 4) is 11.3 Å². The smallest absolute Gasteiger partial charge is 0.315 e. The first-order chi connectivity index (χ1) is 11.7. The lowest BCUT2D eigenvalue weighted by Crippen LogP contribution is -2.46. The third kappa shape index (κ3) is 3.99. The Labute approximate surface area is 149 Å². The van der Waals surface area contributed by atoms with Crippen molar-refractivity contribution in [2.75, 3.05) is 0 Å². The number of rotatable bonds is 3. The molecule has 2 N–H and O–H groups in total. The van der Waals surface area contributed by atoms with E-state index in [1.54, 1.807) is 12.1 Å². The maximum Gasteiger partial charge on any atom is 0.315 e. The molecule has 0 aliphatic carbocycles. The number of carbonyl (C=O) groups is 1. The zero-order valence-electron chi connectivity index (χ0n) is 14.7. The van der Waals surface area contributed by atoms with Gasteiger partial charge in [-0.25, -0.2) is 14.2 Å². The van der Waals surface area contributed by atoms with E-state index in [4.69, 9.17) is 0 Å². The van der Waals surface area contributed by atoms with Gasteiger partial charge in [0.1, 0.15) is 5.82 Å². The minimum Gasteiger partial charge on any atom is -0.334 e. The van der Waals surface area contributed by atoms with Gasteiger partial charge in [-0.2, -0.15) is 0 Å². The lowest BCUT2D eigenvalue weighted by Gasteiger charge is -2.20. The number of hydrogen-bond acceptors (Lipinski definition) is 3. The Morgan fingerprint density at radius 2 is 1.96 bits per heavy atom. The van der Waals surface area contributed by atoms with E-state index in [0.717, 1.165) is 26.8 Å². The van der Waals surface area contributed by atoms with Crippen LogP contribution in [0.25, 0.3) is 16.2 Å². The van der Waals surface area contributed by atoms with Crippen molar-refractivity contribution in [1.82, 2.24) is 20.0 Å². The lowest BCUT2D eigenvalue weighted by molar-refractivity contribution is 0.231. The van der Waals surface area contributed by atoms with Gasteiger partial charge in [-0.1, -0.05) is 11.3 Å². The fraction of sp³-hybridized carbons (Fsp3) is 0.333. The van der Waals surface area contributed by atoms with Crippen LogP contribution in [0.5, 0.6) is 0 Å². The zero-order chi connectivity index (χ0) is 18.2. The van der Waals surface area contributed by atoms with Crippen molar-refractivity contribution in [3.63, 3.8) is 0 Å². The Balaban J connectivity index is 1.76. The second-order valence-corrected chi connectivity index (χ2v) is 8.02. The van der Waals surface area contributed by atoms with E-state index < -0.39 is 0 Å². The second-order valence-electron chi connectivity index (χ2n) is 6.95. The number of benzene rings is 1. The predicted molar refractivity (Wildman–Crippen MR) is 98.3 cm³/mol. The maximum absolute atomic E-state index is 13.1. The molecule has 2 aromatic heterocycles. The van der Waals surface area contributed by atoms with Gasteiger partial charge in [0.05, 0.1) is 12.2 Å². The molecule has 0 spiro atoms. The third-order valence-electron chi connectivity index (χ3n) is 3.69. The number of fused-ring (bicyclic) bond motifs is 1. The first-order valence-corrected chi connectivity index (χ1v) is 8.84. The molecule has 1 aromatic carbocycles. The summed E-state index contributed by atoms with van der Waals surface area (Å²) in [7, 11) is 0. The molecular weight excluding hydrogens is 339 g/mol. The Hall–Kier alpha value is -2.41. The Bertz CT molecular complexity index is 906. The van der Waals surface area contributed by atoms with Crippen molar-refractivity contribution in [1.29, 1.82) is 0 Å². The van der Waals surface area contributed by atoms with Crippen LogP contribution in [0.4, 0.5) is 9.18 Å². The summed E-state index contributed by atoms with van der Waals surface area (Å²) in [4.78, 5) is 18.4. The molecule has 0 saturated carbocycles. The highest BCUT2D eigenvalue weighted by Crippen LogP contribution is 2.27. The van der Waals surface area contributed by atoms with Gasteiger partial charge in [-0.15, -0.1) is 0 Å². The zero-order valence-corrected chi connectivity index (χ0v) is 15.5. The van der Waals surface area contributed by atoms with Gasteiger partial charge in [0.25, 0.3) is 0 Å². The van der Waals surface area contributed by atoms with Crippen LogP contribution in [0, 0.1) is 12.7 Å². The summed E-state index contributed by atoms with van der Waals surface area (Å²) in [6.07, 6.45) is 1.94. The van der Waals surface area contributed by atoms with Gasteiger partial charge < -0.3 is 10.6 Å². The van der Waals surface area contributed by atoms with Crippen molar-refractivity contribution in [2.24, 2.45) is 0 Å². The van der Waals surface area contributed by atoms with Crippen LogP contribution in [0.1, 0.15) is 31.3 Å². The SMILES string of the molecule is Cc1c(CNC(=O)NC(C)(C)C)sc2nc(-c3ccc(F)cc3)cn12. The van der Waals surface area contributed by atoms with E-state index >= 15 is 0 Å². The minimum atomic E-state index is -0.271. The monoisotopic (exact) mass is 360 g/mol. The molecule has 2 heterocycles. The number of amides is 2. The molecule has 3 aromatic rings. The third-order valence-corrected chi connectivity index (χ3v) is 4.85. The van der Waals surface area contributed by atoms with E-state index in [0.29, 0.717) is 6.54 Å². The number of aryl methyl sites for hydroxylation is 1. The van der Waals surface area contributed by atoms with Crippen molar-refractivity contribution >= 4 is 22.3 Å². The fourth-order valence-electron chi connectivity index (χ4n) is 2.46. The summed E-state index contributed by atoms with van der Waals surface area (Å²) in [5.41, 5.74) is 2.45. The van der Waals surface area contributed by atoms with E-state index in [-0.39, 0.29) is 17.4 Å². The van der Waals surface area contributed by atoms with Crippen LogP contribution >= 0.6 is 11.3 Å². The molecule has 0 radical (unpaired) electrons. The number of nitrogens with one attached hydrogen (secondary N) is 2. The number of thiazole rings is 1. The molecule has 2 amide bonds. The first kappa shape index (κ1) is 17.4. The lowest BCUT2D eigenvalue weighted by atomic mass is 10.1. The summed E-state index contributed by atoms with van der Waals surface area (Å²) in [5.74, 6) is -0.261. The molecule has 0 fully saturated rings. The van der Waals surface area contributed by atoms with Crippen molar-refractivity contribution in [2.45, 2.75) is 39.8 Å². The highest BCUT2D eigenvalue weighted by molar-refractivity contribution is 7.17. The highest BCUT2D eigenvalue weighted by Gasteiger charge is 2.16. The quantitative estimate of drug-likeness (QED) is 0.738. The van der Waals surface area contributed by atoms with Crippen molar-refractivity contribution < 1.29 is 9.18 Å². The molecule has 7 heteroatoms. The summed E-state index contributed by atoms with van der Waals surface area (Å²) in [6, 6.07) is 6.11. The minimum absolute atomic E-state index is 0.190. The van der Waals surface area contributed by atoms with E-state index in [1.165, 1.54) is 23.5 Å². The number of nitrogens with zero attached hydrogens (tertiary/aromatic N) is 2. The van der Waals surface area contributed by atoms with Gasteiger partial charge in [-0.05, 0) is 52.0 Å². The van der Waals surface area contributed by atoms with E-state index in [2.05, 4.69) is 15.6 Å². The van der Waals surface area contributed by atoms with Crippen LogP contribution in [-0.4, -0.2) is 21.0 Å². The van der Waals surface area contributed by atoms with Crippen LogP contribution in [0.15, 0.2) is 30.5 Å². The first-order valence-electron chi connectivity index (χ1n) is 8.02. The molecular formula is C18H21FN4OS. The van der Waals surface area contributed by atoms with Crippen LogP contribution in [-0.2, 0) is 6.54 Å². The van der Waals surface area contributed by atoms with Crippen LogP contribution in [0.3, 0.4) is 0 Å². The van der Waals surface area contributed by atoms with Crippen molar-refractivity contribution in [3.05, 3.63) is 46.9 Å². The molecule has 5 nitrogen and oxygen atoms in total. The van der Waals surface area contributed by atoms with E-state index in [1.807, 2.05) is 38.3 Å². The molecule has 0 aliphatic heterocycles. The Morgan fingerprint density at radius 1 is 1.28 bits per heavy atom. The fourth-order valence-corrected chi connectivity index (χ4v) is 3.51. The van der Waals surface area contributed by atoms with Gasteiger partial charge >= 0.3 is 6.03 Å². The molecule has 0 bridgehead atoms. The summed E-state index contributed by atoms with van der Waals surface area (Å²) in [6.45, 7) is 8.27. The Kier molecular flexibility index (Phi) is 4.51. The molecule has 0 atom stereocenters. The number of hydrogen-bond donors (Lipinski definition) is 2. The van der Waals surface area contributed by atoms with Crippen LogP contribution in [0.2, 0.25) is 0 Å². The largest absolute Gasteiger partial charge is 0.334 e. The summed E-state index contributed by atoms with van der Waals surface area (Å²) < 4.78 is 15.1. The normalized spacial score (nSPS) is 11.7. The molecule has 0 aliphatic rings. The summed E-state index contributed by atoms with van der Waals surface area (Å²) in [5, 5.41) is 5.75. The number of aromatic nitrogens is 2. The summed E-state index contributed by atoms with van der Waals surface area (Å²) >= 11 is 1.54. The van der Waals surface area contributed by atoms with Gasteiger partial charge in [0.15, 0.2) is 4.96 Å². The molecule has 132 valence electrons. The number of urea groups is 1.